The average Bonchev–Trinajstić information content (AvgIpc) is 2.92. The molecule has 1 unspecified atom stereocenters. The molecule has 0 aliphatic carbocycles. The number of nitrogens with zero attached hydrogens (tertiary/aromatic N) is 2. The molecular formula is C16H26BrN3. The molecule has 1 aliphatic rings. The van der Waals surface area contributed by atoms with E-state index in [1.54, 1.807) is 0 Å². The molecule has 0 spiro atoms. The number of halogens is 1. The SMILES string of the molecule is CCN(CC)C1CCN(c2ccc(CCN)c(Br)c2)C1. The molecule has 112 valence electrons. The van der Waals surface area contributed by atoms with Crippen molar-refractivity contribution < 1.29 is 0 Å². The van der Waals surface area contributed by atoms with Gasteiger partial charge in [0.15, 0.2) is 0 Å². The molecule has 4 heteroatoms. The first-order valence-corrected chi connectivity index (χ1v) is 8.46. The van der Waals surface area contributed by atoms with Crippen LogP contribution in [0.2, 0.25) is 0 Å². The molecular weight excluding hydrogens is 314 g/mol. The van der Waals surface area contributed by atoms with Gasteiger partial charge >= 0.3 is 0 Å². The molecule has 1 aliphatic heterocycles. The first-order chi connectivity index (χ1) is 9.69. The zero-order valence-electron chi connectivity index (χ0n) is 12.6. The smallest absolute Gasteiger partial charge is 0.0378 e. The van der Waals surface area contributed by atoms with Gasteiger partial charge in [0.25, 0.3) is 0 Å². The van der Waals surface area contributed by atoms with Gasteiger partial charge < -0.3 is 10.6 Å². The molecule has 2 rings (SSSR count). The third-order valence-corrected chi connectivity index (χ3v) is 5.05. The Morgan fingerprint density at radius 2 is 2.10 bits per heavy atom. The van der Waals surface area contributed by atoms with E-state index >= 15 is 0 Å². The number of nitrogens with two attached hydrogens (primary N) is 1. The molecule has 3 nitrogen and oxygen atoms in total. The lowest BCUT2D eigenvalue weighted by molar-refractivity contribution is 0.232. The predicted molar refractivity (Wildman–Crippen MR) is 90.4 cm³/mol. The van der Waals surface area contributed by atoms with E-state index in [1.807, 2.05) is 0 Å². The van der Waals surface area contributed by atoms with Crippen molar-refractivity contribution in [1.82, 2.24) is 4.90 Å². The lowest BCUT2D eigenvalue weighted by Crippen LogP contribution is -2.37. The third-order valence-electron chi connectivity index (χ3n) is 4.31. The summed E-state index contributed by atoms with van der Waals surface area (Å²) in [5.74, 6) is 0. The van der Waals surface area contributed by atoms with Gasteiger partial charge in [0.2, 0.25) is 0 Å². The fraction of sp³-hybridized carbons (Fsp3) is 0.625. The maximum absolute atomic E-state index is 5.63. The van der Waals surface area contributed by atoms with Crippen LogP contribution in [0.3, 0.4) is 0 Å². The topological polar surface area (TPSA) is 32.5 Å². The van der Waals surface area contributed by atoms with Gasteiger partial charge in [-0.05, 0) is 50.2 Å². The second-order valence-corrected chi connectivity index (χ2v) is 6.28. The van der Waals surface area contributed by atoms with Crippen molar-refractivity contribution in [2.45, 2.75) is 32.7 Å². The molecule has 1 aromatic rings. The van der Waals surface area contributed by atoms with E-state index < -0.39 is 0 Å². The van der Waals surface area contributed by atoms with E-state index in [0.29, 0.717) is 12.6 Å². The zero-order valence-corrected chi connectivity index (χ0v) is 14.2. The van der Waals surface area contributed by atoms with E-state index in [9.17, 15) is 0 Å². The zero-order chi connectivity index (χ0) is 14.5. The van der Waals surface area contributed by atoms with Crippen molar-refractivity contribution in [3.05, 3.63) is 28.2 Å². The van der Waals surface area contributed by atoms with Crippen molar-refractivity contribution in [2.24, 2.45) is 5.73 Å². The van der Waals surface area contributed by atoms with Gasteiger partial charge in [-0.2, -0.15) is 0 Å². The van der Waals surface area contributed by atoms with E-state index in [1.165, 1.54) is 22.1 Å². The summed E-state index contributed by atoms with van der Waals surface area (Å²) in [7, 11) is 0. The Kier molecular flexibility index (Phi) is 5.87. The van der Waals surface area contributed by atoms with Crippen LogP contribution in [0.25, 0.3) is 0 Å². The van der Waals surface area contributed by atoms with Gasteiger partial charge in [-0.15, -0.1) is 0 Å². The van der Waals surface area contributed by atoms with Crippen LogP contribution in [0, 0.1) is 0 Å². The van der Waals surface area contributed by atoms with Crippen LogP contribution >= 0.6 is 15.9 Å². The van der Waals surface area contributed by atoms with Crippen LogP contribution in [0.15, 0.2) is 22.7 Å². The van der Waals surface area contributed by atoms with Crippen LogP contribution in [-0.2, 0) is 6.42 Å². The highest BCUT2D eigenvalue weighted by atomic mass is 79.9. The maximum atomic E-state index is 5.63. The predicted octanol–water partition coefficient (Wildman–Crippen LogP) is 2.87. The Morgan fingerprint density at radius 3 is 2.70 bits per heavy atom. The van der Waals surface area contributed by atoms with E-state index in [0.717, 1.165) is 32.6 Å². The standard InChI is InChI=1S/C16H26BrN3/c1-3-19(4-2)15-8-10-20(12-15)14-6-5-13(7-9-18)16(17)11-14/h5-6,11,15H,3-4,7-10,12,18H2,1-2H3. The summed E-state index contributed by atoms with van der Waals surface area (Å²) in [6.07, 6.45) is 2.20. The molecule has 2 N–H and O–H groups in total. The highest BCUT2D eigenvalue weighted by Gasteiger charge is 2.26. The molecule has 0 bridgehead atoms. The van der Waals surface area contributed by atoms with Crippen LogP contribution < -0.4 is 10.6 Å². The lowest BCUT2D eigenvalue weighted by atomic mass is 10.1. The maximum Gasteiger partial charge on any atom is 0.0378 e. The second-order valence-electron chi connectivity index (χ2n) is 5.42. The van der Waals surface area contributed by atoms with Crippen LogP contribution in [0.1, 0.15) is 25.8 Å². The molecule has 0 amide bonds. The van der Waals surface area contributed by atoms with Crippen molar-refractivity contribution in [1.29, 1.82) is 0 Å². The van der Waals surface area contributed by atoms with Crippen molar-refractivity contribution >= 4 is 21.6 Å². The highest BCUT2D eigenvalue weighted by molar-refractivity contribution is 9.10. The molecule has 20 heavy (non-hydrogen) atoms. The first kappa shape index (κ1) is 15.8. The Balaban J connectivity index is 2.04. The number of benzene rings is 1. The number of likely N-dealkylation sites (N-methyl/N-ethyl adjacent to an activating group) is 1. The fourth-order valence-electron chi connectivity index (χ4n) is 3.11. The van der Waals surface area contributed by atoms with Gasteiger partial charge in [0.1, 0.15) is 0 Å². The number of hydrogen-bond acceptors (Lipinski definition) is 3. The van der Waals surface area contributed by atoms with Gasteiger partial charge in [-0.1, -0.05) is 35.8 Å². The van der Waals surface area contributed by atoms with Crippen LogP contribution in [0.4, 0.5) is 5.69 Å². The summed E-state index contributed by atoms with van der Waals surface area (Å²) in [5, 5.41) is 0. The Morgan fingerprint density at radius 1 is 1.35 bits per heavy atom. The van der Waals surface area contributed by atoms with Gasteiger partial charge in [0.05, 0.1) is 0 Å². The highest BCUT2D eigenvalue weighted by Crippen LogP contribution is 2.28. The fourth-order valence-corrected chi connectivity index (χ4v) is 3.67. The van der Waals surface area contributed by atoms with Crippen molar-refractivity contribution in [3.8, 4) is 0 Å². The Hall–Kier alpha value is -0.580. The Bertz CT molecular complexity index is 432. The van der Waals surface area contributed by atoms with Crippen molar-refractivity contribution in [3.63, 3.8) is 0 Å². The molecule has 1 saturated heterocycles. The number of rotatable bonds is 6. The van der Waals surface area contributed by atoms with Gasteiger partial charge in [-0.25, -0.2) is 0 Å². The number of hydrogen-bond donors (Lipinski definition) is 1. The molecule has 1 atom stereocenters. The van der Waals surface area contributed by atoms with Gasteiger partial charge in [0, 0.05) is 29.3 Å². The monoisotopic (exact) mass is 339 g/mol. The largest absolute Gasteiger partial charge is 0.370 e. The summed E-state index contributed by atoms with van der Waals surface area (Å²) in [6.45, 7) is 9.80. The van der Waals surface area contributed by atoms with Crippen molar-refractivity contribution in [2.75, 3.05) is 37.6 Å². The van der Waals surface area contributed by atoms with Gasteiger partial charge in [-0.3, -0.25) is 4.90 Å². The number of anilines is 1. The molecule has 1 heterocycles. The molecule has 0 aromatic heterocycles. The van der Waals surface area contributed by atoms with Crippen LogP contribution in [0.5, 0.6) is 0 Å². The molecule has 1 fully saturated rings. The minimum absolute atomic E-state index is 0.700. The quantitative estimate of drug-likeness (QED) is 0.864. The molecule has 1 aromatic carbocycles. The average molecular weight is 340 g/mol. The second kappa shape index (κ2) is 7.43. The normalized spacial score (nSPS) is 19.1. The summed E-state index contributed by atoms with van der Waals surface area (Å²) in [6, 6.07) is 7.39. The summed E-state index contributed by atoms with van der Waals surface area (Å²) >= 11 is 3.67. The minimum Gasteiger partial charge on any atom is -0.370 e. The summed E-state index contributed by atoms with van der Waals surface area (Å²) in [4.78, 5) is 5.07. The van der Waals surface area contributed by atoms with E-state index in [2.05, 4.69) is 57.8 Å². The van der Waals surface area contributed by atoms with Crippen LogP contribution in [-0.4, -0.2) is 43.7 Å². The third kappa shape index (κ3) is 3.54. The summed E-state index contributed by atoms with van der Waals surface area (Å²) in [5.41, 5.74) is 8.26. The van der Waals surface area contributed by atoms with E-state index in [4.69, 9.17) is 5.73 Å². The lowest BCUT2D eigenvalue weighted by Gasteiger charge is -2.26. The van der Waals surface area contributed by atoms with E-state index in [-0.39, 0.29) is 0 Å². The molecule has 0 saturated carbocycles. The first-order valence-electron chi connectivity index (χ1n) is 7.67. The summed E-state index contributed by atoms with van der Waals surface area (Å²) < 4.78 is 1.19. The Labute approximate surface area is 131 Å². The minimum atomic E-state index is 0.700. The molecule has 0 radical (unpaired) electrons.